The Morgan fingerprint density at radius 3 is 2.80 bits per heavy atom. The van der Waals surface area contributed by atoms with Gasteiger partial charge in [-0.2, -0.15) is 0 Å². The number of carboxylic acids is 1. The van der Waals surface area contributed by atoms with Gasteiger partial charge in [0, 0.05) is 34.7 Å². The third kappa shape index (κ3) is 4.55. The fourth-order valence-electron chi connectivity index (χ4n) is 6.77. The molecule has 5 N–H and O–H groups in total. The van der Waals surface area contributed by atoms with Gasteiger partial charge in [-0.3, -0.25) is 14.4 Å². The highest BCUT2D eigenvalue weighted by Crippen LogP contribution is 2.52. The molecule has 1 aromatic rings. The zero-order valence-corrected chi connectivity index (χ0v) is 23.0. The number of thioether (sulfide) groups is 1. The summed E-state index contributed by atoms with van der Waals surface area (Å²) in [5, 5.41) is 26.8. The molecule has 1 aromatic heterocycles. The molecule has 4 saturated heterocycles. The lowest BCUT2D eigenvalue weighted by molar-refractivity contribution is -0.159. The van der Waals surface area contributed by atoms with Crippen molar-refractivity contribution in [2.45, 2.75) is 68.3 Å². The average Bonchev–Trinajstić information content (AvgIpc) is 3.66. The summed E-state index contributed by atoms with van der Waals surface area (Å²) in [4.78, 5) is 54.8. The smallest absolute Gasteiger partial charge is 0.353 e. The summed E-state index contributed by atoms with van der Waals surface area (Å²) < 4.78 is 7.10. The molecular weight excluding hydrogens is 542 g/mol. The lowest BCUT2D eigenvalue weighted by Gasteiger charge is -2.47. The maximum absolute atomic E-state index is 13.2. The predicted octanol–water partition coefficient (Wildman–Crippen LogP) is -2.26. The summed E-state index contributed by atoms with van der Waals surface area (Å²) in [5.41, 5.74) is 5.67. The largest absolute Gasteiger partial charge is 0.477 e. The van der Waals surface area contributed by atoms with E-state index < -0.39 is 17.9 Å². The highest BCUT2D eigenvalue weighted by atomic mass is 32.2. The van der Waals surface area contributed by atoms with Gasteiger partial charge in [0.1, 0.15) is 24.2 Å². The van der Waals surface area contributed by atoms with E-state index >= 15 is 0 Å². The minimum Gasteiger partial charge on any atom is -0.477 e. The Labute approximate surface area is 234 Å². The van der Waals surface area contributed by atoms with Crippen LogP contribution in [0.2, 0.25) is 0 Å². The Morgan fingerprint density at radius 1 is 1.38 bits per heavy atom. The van der Waals surface area contributed by atoms with Crippen molar-refractivity contribution < 1.29 is 29.0 Å². The summed E-state index contributed by atoms with van der Waals surface area (Å²) >= 11 is 1.43. The lowest BCUT2D eigenvalue weighted by atomic mass is 9.78. The molecule has 6 heterocycles. The Bertz CT molecular complexity index is 1250. The Morgan fingerprint density at radius 2 is 2.15 bits per heavy atom. The minimum absolute atomic E-state index is 0.00477. The van der Waals surface area contributed by atoms with Crippen molar-refractivity contribution in [2.75, 3.05) is 26.2 Å². The number of nitrogens with two attached hydrogens (primary N) is 1. The van der Waals surface area contributed by atoms with E-state index in [-0.39, 0.29) is 64.9 Å². The number of likely N-dealkylation sites (tertiary alicyclic amines) is 1. The molecule has 5 aliphatic heterocycles. The van der Waals surface area contributed by atoms with E-state index in [0.717, 1.165) is 6.42 Å². The van der Waals surface area contributed by atoms with Crippen LogP contribution in [0.5, 0.6) is 0 Å². The summed E-state index contributed by atoms with van der Waals surface area (Å²) in [6.07, 6.45) is 2.64. The van der Waals surface area contributed by atoms with Crippen LogP contribution >= 0.6 is 11.8 Å². The number of nitrogens with one attached hydrogen (secondary N) is 2. The summed E-state index contributed by atoms with van der Waals surface area (Å²) in [6, 6.07) is -1.21. The second-order valence-electron chi connectivity index (χ2n) is 11.5. The lowest BCUT2D eigenvalue weighted by Crippen LogP contribution is -2.66. The highest BCUT2D eigenvalue weighted by molar-refractivity contribution is 8.03. The van der Waals surface area contributed by atoms with E-state index in [4.69, 9.17) is 10.5 Å². The van der Waals surface area contributed by atoms with Crippen molar-refractivity contribution in [3.8, 4) is 0 Å². The van der Waals surface area contributed by atoms with Gasteiger partial charge in [-0.25, -0.2) is 9.48 Å². The number of hydrogen-bond acceptors (Lipinski definition) is 11. The van der Waals surface area contributed by atoms with E-state index in [1.54, 1.807) is 11.8 Å². The van der Waals surface area contributed by atoms with Crippen molar-refractivity contribution in [1.82, 2.24) is 40.6 Å². The molecule has 0 saturated carbocycles. The Hall–Kier alpha value is -3.08. The van der Waals surface area contributed by atoms with Gasteiger partial charge in [0.05, 0.1) is 37.7 Å². The molecule has 4 fully saturated rings. The van der Waals surface area contributed by atoms with Crippen LogP contribution in [0, 0.1) is 11.8 Å². The molecule has 216 valence electrons. The van der Waals surface area contributed by atoms with Crippen LogP contribution in [-0.4, -0.2) is 120 Å². The summed E-state index contributed by atoms with van der Waals surface area (Å²) in [7, 11) is 0. The molecule has 0 bridgehead atoms. The number of carboxylic acid groups (broad SMARTS) is 1. The number of amides is 3. The van der Waals surface area contributed by atoms with Gasteiger partial charge < -0.3 is 36.0 Å². The van der Waals surface area contributed by atoms with Gasteiger partial charge in [-0.05, 0) is 30.2 Å². The van der Waals surface area contributed by atoms with E-state index in [9.17, 15) is 24.3 Å². The molecule has 5 aliphatic rings. The number of rotatable bonds is 8. The van der Waals surface area contributed by atoms with Gasteiger partial charge >= 0.3 is 5.97 Å². The number of tetrazole rings is 1. The SMILES string of the molecule is C[C@@H](NC(=O)Cn1cnnn1)[C@H]1C(=O)N2C(C(=O)O)=C(S[C@@H]3CNC(C(=O)N4CC5(CC(N)CO5)C4)C3)[C@H](C)[C@H]12. The number of hydrogen-bond donors (Lipinski definition) is 4. The van der Waals surface area contributed by atoms with Crippen LogP contribution in [0.15, 0.2) is 16.9 Å². The monoisotopic (exact) mass is 575 g/mol. The van der Waals surface area contributed by atoms with Crippen molar-refractivity contribution in [1.29, 1.82) is 0 Å². The number of ether oxygens (including phenoxy) is 1. The van der Waals surface area contributed by atoms with Gasteiger partial charge in [0.15, 0.2) is 0 Å². The first kappa shape index (κ1) is 27.1. The first-order chi connectivity index (χ1) is 19.1. The predicted molar refractivity (Wildman–Crippen MR) is 139 cm³/mol. The van der Waals surface area contributed by atoms with Gasteiger partial charge in [0.25, 0.3) is 0 Å². The topological polar surface area (TPSA) is 198 Å². The second-order valence-corrected chi connectivity index (χ2v) is 12.8. The number of fused-ring (bicyclic) bond motifs is 1. The van der Waals surface area contributed by atoms with Crippen LogP contribution in [0.1, 0.15) is 26.7 Å². The minimum atomic E-state index is -1.15. The van der Waals surface area contributed by atoms with E-state index in [1.807, 2.05) is 6.92 Å². The van der Waals surface area contributed by atoms with Crippen molar-refractivity contribution in [3.63, 3.8) is 0 Å². The number of carbonyl (C=O) groups excluding carboxylic acids is 3. The third-order valence-corrected chi connectivity index (χ3v) is 10.1. The van der Waals surface area contributed by atoms with E-state index in [0.29, 0.717) is 37.6 Å². The number of β-lactam (4-membered cyclic amide) rings is 1. The third-order valence-electron chi connectivity index (χ3n) is 8.61. The number of aromatic nitrogens is 4. The molecular formula is C24H33N9O6S. The Kier molecular flexibility index (Phi) is 6.83. The van der Waals surface area contributed by atoms with Crippen molar-refractivity contribution in [2.24, 2.45) is 17.6 Å². The highest BCUT2D eigenvalue weighted by Gasteiger charge is 2.60. The fourth-order valence-corrected chi connectivity index (χ4v) is 8.25. The zero-order valence-electron chi connectivity index (χ0n) is 22.2. The first-order valence-corrected chi connectivity index (χ1v) is 14.3. The molecule has 16 heteroatoms. The van der Waals surface area contributed by atoms with Crippen molar-refractivity contribution >= 4 is 35.5 Å². The molecule has 6 rings (SSSR count). The van der Waals surface area contributed by atoms with Crippen LogP contribution in [0.3, 0.4) is 0 Å². The normalized spacial score (nSPS) is 33.1. The fraction of sp³-hybridized carbons (Fsp3) is 0.708. The number of carbonyl (C=O) groups is 4. The van der Waals surface area contributed by atoms with E-state index in [2.05, 4.69) is 26.2 Å². The Balaban J connectivity index is 1.07. The van der Waals surface area contributed by atoms with Crippen LogP contribution < -0.4 is 16.4 Å². The molecule has 3 amide bonds. The average molecular weight is 576 g/mol. The van der Waals surface area contributed by atoms with Crippen LogP contribution in [0.25, 0.3) is 0 Å². The summed E-state index contributed by atoms with van der Waals surface area (Å²) in [6.45, 7) is 5.75. The number of nitrogens with zero attached hydrogens (tertiary/aromatic N) is 6. The molecule has 7 atom stereocenters. The van der Waals surface area contributed by atoms with Crippen molar-refractivity contribution in [3.05, 3.63) is 16.9 Å². The molecule has 0 aliphatic carbocycles. The number of aliphatic carboxylic acids is 1. The molecule has 15 nitrogen and oxygen atoms in total. The molecule has 2 unspecified atom stereocenters. The first-order valence-electron chi connectivity index (χ1n) is 13.5. The maximum atomic E-state index is 13.2. The molecule has 0 radical (unpaired) electrons. The van der Waals surface area contributed by atoms with Crippen LogP contribution in [0.4, 0.5) is 0 Å². The second kappa shape index (κ2) is 10.1. The van der Waals surface area contributed by atoms with Gasteiger partial charge in [0.2, 0.25) is 17.7 Å². The quantitative estimate of drug-likeness (QED) is 0.243. The molecule has 1 spiro atoms. The van der Waals surface area contributed by atoms with Crippen LogP contribution in [-0.2, 0) is 30.5 Å². The maximum Gasteiger partial charge on any atom is 0.353 e. The van der Waals surface area contributed by atoms with Gasteiger partial charge in [-0.1, -0.05) is 6.92 Å². The molecule has 40 heavy (non-hydrogen) atoms. The van der Waals surface area contributed by atoms with E-state index in [1.165, 1.54) is 27.7 Å². The van der Waals surface area contributed by atoms with Gasteiger partial charge in [-0.15, -0.1) is 16.9 Å². The summed E-state index contributed by atoms with van der Waals surface area (Å²) in [5.74, 6) is -2.58. The zero-order chi connectivity index (χ0) is 28.3. The standard InChI is InChI=1S/C24H33N9O6S/c1-11-18-17(12(2)28-16(34)6-32-10-27-29-30-32)22(36)33(18)19(23(37)38)20(11)40-14-3-15(26-5-14)21(35)31-8-24(9-31)4-13(25)7-39-24/h10-15,17-18,26H,3-9,25H2,1-2H3,(H,28,34)(H,37,38)/t11-,12-,13?,14+,15?,17-,18-/m1/s1. The molecule has 0 aromatic carbocycles.